The molecule has 5 heteroatoms. The minimum absolute atomic E-state index is 0.420. The van der Waals surface area contributed by atoms with Gasteiger partial charge in [-0.3, -0.25) is 4.98 Å². The fourth-order valence-corrected chi connectivity index (χ4v) is 2.32. The second-order valence-corrected chi connectivity index (χ2v) is 4.53. The van der Waals surface area contributed by atoms with Gasteiger partial charge in [-0.1, -0.05) is 11.6 Å². The van der Waals surface area contributed by atoms with E-state index in [2.05, 4.69) is 15.0 Å². The Hall–Kier alpha value is -2.07. The number of nitrogens with zero attached hydrogens (tertiary/aromatic N) is 2. The van der Waals surface area contributed by atoms with Gasteiger partial charge in [0.15, 0.2) is 0 Å². The highest BCUT2D eigenvalue weighted by molar-refractivity contribution is 6.35. The lowest BCUT2D eigenvalue weighted by atomic mass is 10.1. The standard InChI is InChI=1S/C13H11ClN4/c1-7-13(17-6-12(15)18-7)8-4-10(14)9-2-3-16-11(9)5-8/h2-6,16H,1H3,(H2,15,18). The van der Waals surface area contributed by atoms with E-state index in [1.807, 2.05) is 31.3 Å². The molecule has 3 rings (SSSR count). The Morgan fingerprint density at radius 1 is 1.33 bits per heavy atom. The van der Waals surface area contributed by atoms with E-state index in [0.29, 0.717) is 10.8 Å². The van der Waals surface area contributed by atoms with Crippen molar-refractivity contribution in [2.45, 2.75) is 6.92 Å². The van der Waals surface area contributed by atoms with Crippen molar-refractivity contribution in [3.63, 3.8) is 0 Å². The molecule has 0 amide bonds. The third-order valence-electron chi connectivity index (χ3n) is 2.86. The van der Waals surface area contributed by atoms with Crippen molar-refractivity contribution < 1.29 is 0 Å². The quantitative estimate of drug-likeness (QED) is 0.704. The predicted molar refractivity (Wildman–Crippen MR) is 73.5 cm³/mol. The average Bonchev–Trinajstić information content (AvgIpc) is 2.77. The highest BCUT2D eigenvalue weighted by Crippen LogP contribution is 2.30. The van der Waals surface area contributed by atoms with Crippen LogP contribution in [0.15, 0.2) is 30.6 Å². The number of aromatic amines is 1. The number of nitrogen functional groups attached to an aromatic ring is 1. The van der Waals surface area contributed by atoms with Crippen molar-refractivity contribution in [2.75, 3.05) is 5.73 Å². The van der Waals surface area contributed by atoms with E-state index in [-0.39, 0.29) is 0 Å². The molecule has 0 aliphatic carbocycles. The molecule has 0 radical (unpaired) electrons. The van der Waals surface area contributed by atoms with Gasteiger partial charge >= 0.3 is 0 Å². The lowest BCUT2D eigenvalue weighted by molar-refractivity contribution is 1.13. The number of H-pyrrole nitrogens is 1. The summed E-state index contributed by atoms with van der Waals surface area (Å²) in [7, 11) is 0. The van der Waals surface area contributed by atoms with E-state index in [1.165, 1.54) is 0 Å². The van der Waals surface area contributed by atoms with Crippen molar-refractivity contribution in [1.82, 2.24) is 15.0 Å². The Morgan fingerprint density at radius 2 is 2.17 bits per heavy atom. The number of nitrogens with one attached hydrogen (secondary N) is 1. The highest BCUT2D eigenvalue weighted by atomic mass is 35.5. The third-order valence-corrected chi connectivity index (χ3v) is 3.17. The number of fused-ring (bicyclic) bond motifs is 1. The van der Waals surface area contributed by atoms with E-state index in [0.717, 1.165) is 27.9 Å². The molecule has 3 aromatic rings. The second-order valence-electron chi connectivity index (χ2n) is 4.13. The molecule has 90 valence electrons. The summed E-state index contributed by atoms with van der Waals surface area (Å²) in [4.78, 5) is 11.7. The number of aryl methyl sites for hydroxylation is 1. The summed E-state index contributed by atoms with van der Waals surface area (Å²) in [5, 5.41) is 1.70. The highest BCUT2D eigenvalue weighted by Gasteiger charge is 2.09. The third kappa shape index (κ3) is 1.71. The van der Waals surface area contributed by atoms with Gasteiger partial charge in [0.25, 0.3) is 0 Å². The van der Waals surface area contributed by atoms with E-state index in [1.54, 1.807) is 6.20 Å². The average molecular weight is 259 g/mol. The maximum Gasteiger partial charge on any atom is 0.142 e. The molecule has 0 atom stereocenters. The molecule has 2 aromatic heterocycles. The molecule has 1 aromatic carbocycles. The monoisotopic (exact) mass is 258 g/mol. The number of hydrogen-bond acceptors (Lipinski definition) is 3. The second kappa shape index (κ2) is 3.99. The zero-order valence-corrected chi connectivity index (χ0v) is 10.5. The van der Waals surface area contributed by atoms with Crippen LogP contribution >= 0.6 is 11.6 Å². The molecular weight excluding hydrogens is 248 g/mol. The topological polar surface area (TPSA) is 67.6 Å². The van der Waals surface area contributed by atoms with Gasteiger partial charge in [-0.15, -0.1) is 0 Å². The summed E-state index contributed by atoms with van der Waals surface area (Å²) >= 11 is 6.24. The molecule has 0 aliphatic heterocycles. The van der Waals surface area contributed by atoms with Crippen molar-refractivity contribution in [1.29, 1.82) is 0 Å². The minimum Gasteiger partial charge on any atom is -0.382 e. The summed E-state index contributed by atoms with van der Waals surface area (Å²) in [6, 6.07) is 5.85. The van der Waals surface area contributed by atoms with Gasteiger partial charge in [0, 0.05) is 22.7 Å². The van der Waals surface area contributed by atoms with Crippen molar-refractivity contribution in [3.05, 3.63) is 41.3 Å². The van der Waals surface area contributed by atoms with Gasteiger partial charge < -0.3 is 10.7 Å². The lowest BCUT2D eigenvalue weighted by Crippen LogP contribution is -1.97. The Kier molecular flexibility index (Phi) is 2.45. The maximum atomic E-state index is 6.24. The first-order valence-corrected chi connectivity index (χ1v) is 5.89. The molecule has 0 saturated heterocycles. The van der Waals surface area contributed by atoms with Crippen LogP contribution in [0.25, 0.3) is 22.2 Å². The number of anilines is 1. The van der Waals surface area contributed by atoms with E-state index >= 15 is 0 Å². The zero-order valence-electron chi connectivity index (χ0n) is 9.74. The number of benzene rings is 1. The molecule has 18 heavy (non-hydrogen) atoms. The fraction of sp³-hybridized carbons (Fsp3) is 0.0769. The number of rotatable bonds is 1. The molecule has 2 heterocycles. The maximum absolute atomic E-state index is 6.24. The van der Waals surface area contributed by atoms with Crippen LogP contribution in [0, 0.1) is 6.92 Å². The van der Waals surface area contributed by atoms with Crippen LogP contribution in [-0.2, 0) is 0 Å². The molecule has 0 bridgehead atoms. The van der Waals surface area contributed by atoms with Crippen molar-refractivity contribution >= 4 is 28.3 Å². The summed E-state index contributed by atoms with van der Waals surface area (Å²) in [5.74, 6) is 0.420. The molecule has 0 fully saturated rings. The zero-order chi connectivity index (χ0) is 12.7. The number of aromatic nitrogens is 3. The summed E-state index contributed by atoms with van der Waals surface area (Å²) < 4.78 is 0. The van der Waals surface area contributed by atoms with Crippen molar-refractivity contribution in [2.24, 2.45) is 0 Å². The summed E-state index contributed by atoms with van der Waals surface area (Å²) in [5.41, 5.74) is 9.10. The van der Waals surface area contributed by atoms with Crippen LogP contribution in [0.2, 0.25) is 5.02 Å². The van der Waals surface area contributed by atoms with E-state index < -0.39 is 0 Å². The number of nitrogens with two attached hydrogens (primary N) is 1. The number of halogens is 1. The molecule has 0 unspecified atom stereocenters. The van der Waals surface area contributed by atoms with Crippen molar-refractivity contribution in [3.8, 4) is 11.3 Å². The van der Waals surface area contributed by atoms with Gasteiger partial charge in [-0.05, 0) is 25.1 Å². The summed E-state index contributed by atoms with van der Waals surface area (Å²) in [6.45, 7) is 1.88. The Morgan fingerprint density at radius 3 is 2.94 bits per heavy atom. The Labute approximate surface area is 109 Å². The predicted octanol–water partition coefficient (Wildman–Crippen LogP) is 3.17. The lowest BCUT2D eigenvalue weighted by Gasteiger charge is -2.06. The summed E-state index contributed by atoms with van der Waals surface area (Å²) in [6.07, 6.45) is 3.41. The first-order valence-electron chi connectivity index (χ1n) is 5.51. The molecule has 0 aliphatic rings. The van der Waals surface area contributed by atoms with E-state index in [4.69, 9.17) is 17.3 Å². The SMILES string of the molecule is Cc1nc(N)cnc1-c1cc(Cl)c2cc[nH]c2c1. The van der Waals surface area contributed by atoms with Crippen LogP contribution in [0.1, 0.15) is 5.69 Å². The van der Waals surface area contributed by atoms with Crippen LogP contribution in [0.4, 0.5) is 5.82 Å². The Balaban J connectivity index is 2.24. The minimum atomic E-state index is 0.420. The van der Waals surface area contributed by atoms with Crippen LogP contribution in [0.5, 0.6) is 0 Å². The smallest absolute Gasteiger partial charge is 0.142 e. The van der Waals surface area contributed by atoms with Gasteiger partial charge in [0.05, 0.1) is 22.6 Å². The molecule has 4 nitrogen and oxygen atoms in total. The normalized spacial score (nSPS) is 11.0. The molecule has 3 N–H and O–H groups in total. The molecule has 0 saturated carbocycles. The molecular formula is C13H11ClN4. The molecule has 0 spiro atoms. The first-order chi connectivity index (χ1) is 8.65. The van der Waals surface area contributed by atoms with Gasteiger partial charge in [-0.2, -0.15) is 0 Å². The fourth-order valence-electron chi connectivity index (χ4n) is 2.04. The Bertz CT molecular complexity index is 733. The van der Waals surface area contributed by atoms with Gasteiger partial charge in [0.1, 0.15) is 5.82 Å². The van der Waals surface area contributed by atoms with Gasteiger partial charge in [-0.25, -0.2) is 4.98 Å². The van der Waals surface area contributed by atoms with Crippen LogP contribution in [0.3, 0.4) is 0 Å². The van der Waals surface area contributed by atoms with E-state index in [9.17, 15) is 0 Å². The van der Waals surface area contributed by atoms with Crippen LogP contribution < -0.4 is 5.73 Å². The number of hydrogen-bond donors (Lipinski definition) is 2. The van der Waals surface area contributed by atoms with Crippen LogP contribution in [-0.4, -0.2) is 15.0 Å². The van der Waals surface area contributed by atoms with Gasteiger partial charge in [0.2, 0.25) is 0 Å². The largest absolute Gasteiger partial charge is 0.382 e. The first kappa shape index (κ1) is 11.0.